The largest absolute Gasteiger partial charge is 0.455 e. The minimum absolute atomic E-state index is 0.157. The van der Waals surface area contributed by atoms with Crippen LogP contribution < -0.4 is 4.90 Å². The molecular weight excluding hydrogens is 498 g/mol. The van der Waals surface area contributed by atoms with E-state index in [1.807, 2.05) is 13.0 Å². The van der Waals surface area contributed by atoms with Crippen LogP contribution in [0.15, 0.2) is 138 Å². The van der Waals surface area contributed by atoms with Gasteiger partial charge in [-0.05, 0) is 78.1 Å². The summed E-state index contributed by atoms with van der Waals surface area (Å²) in [6, 6.07) is 39.4. The van der Waals surface area contributed by atoms with E-state index < -0.39 is 0 Å². The molecule has 0 unspecified atom stereocenters. The zero-order valence-electron chi connectivity index (χ0n) is 23.8. The van der Waals surface area contributed by atoms with Gasteiger partial charge in [0.05, 0.1) is 0 Å². The van der Waals surface area contributed by atoms with Crippen LogP contribution in [0.25, 0.3) is 33.1 Å². The summed E-state index contributed by atoms with van der Waals surface area (Å²) >= 11 is 0. The highest BCUT2D eigenvalue weighted by Crippen LogP contribution is 2.53. The molecule has 0 bridgehead atoms. The third kappa shape index (κ3) is 4.19. The van der Waals surface area contributed by atoms with Gasteiger partial charge < -0.3 is 9.32 Å². The van der Waals surface area contributed by atoms with Gasteiger partial charge in [-0.3, -0.25) is 0 Å². The predicted molar refractivity (Wildman–Crippen MR) is 174 cm³/mol. The summed E-state index contributed by atoms with van der Waals surface area (Å²) in [7, 11) is 0. The molecule has 0 saturated carbocycles. The van der Waals surface area contributed by atoms with E-state index in [2.05, 4.69) is 146 Å². The first-order chi connectivity index (χ1) is 20.1. The minimum Gasteiger partial charge on any atom is -0.455 e. The summed E-state index contributed by atoms with van der Waals surface area (Å²) in [5.74, 6) is 0. The number of hydrogen-bond acceptors (Lipinski definition) is 2. The summed E-state index contributed by atoms with van der Waals surface area (Å²) in [4.78, 5) is 2.37. The van der Waals surface area contributed by atoms with Gasteiger partial charge in [0.15, 0.2) is 0 Å². The van der Waals surface area contributed by atoms with Gasteiger partial charge >= 0.3 is 0 Å². The van der Waals surface area contributed by atoms with Gasteiger partial charge in [0.2, 0.25) is 0 Å². The van der Waals surface area contributed by atoms with Crippen LogP contribution in [0, 0.1) is 0 Å². The predicted octanol–water partition coefficient (Wildman–Crippen LogP) is 11.0. The molecule has 0 aliphatic heterocycles. The van der Waals surface area contributed by atoms with Crippen molar-refractivity contribution in [2.24, 2.45) is 0 Å². The van der Waals surface area contributed by atoms with Crippen molar-refractivity contribution in [2.45, 2.75) is 32.6 Å². The van der Waals surface area contributed by atoms with Gasteiger partial charge in [0, 0.05) is 38.8 Å². The number of para-hydroxylation sites is 2. The second-order valence-electron chi connectivity index (χ2n) is 11.3. The number of rotatable bonds is 6. The van der Waals surface area contributed by atoms with Crippen molar-refractivity contribution in [3.63, 3.8) is 0 Å². The van der Waals surface area contributed by atoms with Crippen LogP contribution in [-0.4, -0.2) is 0 Å². The van der Waals surface area contributed by atoms with Crippen LogP contribution >= 0.6 is 0 Å². The topological polar surface area (TPSA) is 16.4 Å². The lowest BCUT2D eigenvalue weighted by atomic mass is 9.82. The summed E-state index contributed by atoms with van der Waals surface area (Å²) in [5, 5.41) is 2.35. The lowest BCUT2D eigenvalue weighted by Crippen LogP contribution is -2.16. The Balaban J connectivity index is 1.38. The van der Waals surface area contributed by atoms with Crippen molar-refractivity contribution in [1.29, 1.82) is 0 Å². The first kappa shape index (κ1) is 25.2. The van der Waals surface area contributed by atoms with Crippen LogP contribution in [0.4, 0.5) is 17.1 Å². The number of anilines is 3. The van der Waals surface area contributed by atoms with Crippen molar-refractivity contribution in [3.05, 3.63) is 150 Å². The second-order valence-corrected chi connectivity index (χ2v) is 11.3. The van der Waals surface area contributed by atoms with Crippen molar-refractivity contribution in [3.8, 4) is 11.1 Å². The van der Waals surface area contributed by atoms with Gasteiger partial charge in [0.1, 0.15) is 11.2 Å². The van der Waals surface area contributed by atoms with Gasteiger partial charge in [0.25, 0.3) is 0 Å². The zero-order valence-corrected chi connectivity index (χ0v) is 23.8. The number of allylic oxidation sites excluding steroid dienone is 4. The standard InChI is InChI=1S/C39H33NO/c1-4-5-6-8-14-27-15-13-18-29(25-27)40(28-16-9-7-10-17-28)30-21-22-33-35(26-30)39(2,3)34-24-23-32-31-19-11-12-20-36(31)41-38(32)37(33)34/h4-13,15-26H,14H2,1-3H3/b5-4-,8-6-. The Bertz CT molecular complexity index is 1960. The van der Waals surface area contributed by atoms with E-state index >= 15 is 0 Å². The lowest BCUT2D eigenvalue weighted by Gasteiger charge is -2.28. The van der Waals surface area contributed by atoms with Crippen LogP contribution in [-0.2, 0) is 11.8 Å². The van der Waals surface area contributed by atoms with Gasteiger partial charge in [-0.25, -0.2) is 0 Å². The molecule has 6 aromatic rings. The third-order valence-electron chi connectivity index (χ3n) is 8.40. The van der Waals surface area contributed by atoms with E-state index in [1.165, 1.54) is 38.6 Å². The first-order valence-electron chi connectivity index (χ1n) is 14.4. The molecular formula is C39H33NO. The Morgan fingerprint density at radius 3 is 2.32 bits per heavy atom. The van der Waals surface area contributed by atoms with Crippen molar-refractivity contribution >= 4 is 39.0 Å². The second kappa shape index (κ2) is 9.98. The maximum Gasteiger partial charge on any atom is 0.143 e. The summed E-state index contributed by atoms with van der Waals surface area (Å²) in [6.45, 7) is 6.71. The van der Waals surface area contributed by atoms with E-state index in [-0.39, 0.29) is 5.41 Å². The summed E-state index contributed by atoms with van der Waals surface area (Å²) in [5.41, 5.74) is 11.6. The van der Waals surface area contributed by atoms with E-state index in [1.54, 1.807) is 0 Å². The van der Waals surface area contributed by atoms with Crippen LogP contribution in [0.1, 0.15) is 37.5 Å². The molecule has 41 heavy (non-hydrogen) atoms. The highest BCUT2D eigenvalue weighted by atomic mass is 16.3. The number of hydrogen-bond donors (Lipinski definition) is 0. The minimum atomic E-state index is -0.157. The fraction of sp³-hybridized carbons (Fsp3) is 0.128. The number of furan rings is 1. The van der Waals surface area contributed by atoms with Gasteiger partial charge in [-0.1, -0.05) is 105 Å². The molecule has 0 atom stereocenters. The van der Waals surface area contributed by atoms with Crippen molar-refractivity contribution in [1.82, 2.24) is 0 Å². The number of fused-ring (bicyclic) bond motifs is 7. The maximum absolute atomic E-state index is 6.50. The number of benzene rings is 5. The average Bonchev–Trinajstić information content (AvgIpc) is 3.49. The van der Waals surface area contributed by atoms with Crippen molar-refractivity contribution < 1.29 is 4.42 Å². The molecule has 1 aliphatic carbocycles. The maximum atomic E-state index is 6.50. The van der Waals surface area contributed by atoms with Crippen LogP contribution in [0.5, 0.6) is 0 Å². The molecule has 200 valence electrons. The fourth-order valence-electron chi connectivity index (χ4n) is 6.37. The average molecular weight is 532 g/mol. The van der Waals surface area contributed by atoms with Gasteiger partial charge in [-0.2, -0.15) is 0 Å². The smallest absolute Gasteiger partial charge is 0.143 e. The quantitative estimate of drug-likeness (QED) is 0.199. The Morgan fingerprint density at radius 1 is 0.683 bits per heavy atom. The molecule has 2 heteroatoms. The van der Waals surface area contributed by atoms with Gasteiger partial charge in [-0.15, -0.1) is 0 Å². The first-order valence-corrected chi connectivity index (χ1v) is 14.4. The molecule has 5 aromatic carbocycles. The van der Waals surface area contributed by atoms with E-state index in [4.69, 9.17) is 4.42 Å². The Kier molecular flexibility index (Phi) is 6.12. The molecule has 0 spiro atoms. The van der Waals surface area contributed by atoms with Crippen LogP contribution in [0.2, 0.25) is 0 Å². The Hall–Kier alpha value is -4.82. The molecule has 1 heterocycles. The molecule has 0 N–H and O–H groups in total. The zero-order chi connectivity index (χ0) is 28.0. The number of nitrogens with zero attached hydrogens (tertiary/aromatic N) is 1. The monoisotopic (exact) mass is 531 g/mol. The SMILES string of the molecule is C/C=C\C=C/Cc1cccc(N(c2ccccc2)c2ccc3c(c2)C(C)(C)c2ccc4c(oc5ccccc54)c2-3)c1. The van der Waals surface area contributed by atoms with Crippen LogP contribution in [0.3, 0.4) is 0 Å². The van der Waals surface area contributed by atoms with E-state index in [0.717, 1.165) is 34.6 Å². The summed E-state index contributed by atoms with van der Waals surface area (Å²) in [6.07, 6.45) is 9.34. The lowest BCUT2D eigenvalue weighted by molar-refractivity contribution is 0.653. The molecule has 1 aliphatic rings. The molecule has 0 amide bonds. The highest BCUT2D eigenvalue weighted by molar-refractivity contribution is 6.11. The molecule has 7 rings (SSSR count). The van der Waals surface area contributed by atoms with E-state index in [0.29, 0.717) is 0 Å². The van der Waals surface area contributed by atoms with E-state index in [9.17, 15) is 0 Å². The molecule has 1 aromatic heterocycles. The Labute approximate surface area is 241 Å². The Morgan fingerprint density at radius 2 is 1.46 bits per heavy atom. The molecule has 0 radical (unpaired) electrons. The molecule has 2 nitrogen and oxygen atoms in total. The third-order valence-corrected chi connectivity index (χ3v) is 8.40. The molecule has 0 saturated heterocycles. The highest BCUT2D eigenvalue weighted by Gasteiger charge is 2.38. The van der Waals surface area contributed by atoms with Crippen molar-refractivity contribution in [2.75, 3.05) is 4.90 Å². The fourth-order valence-corrected chi connectivity index (χ4v) is 6.37. The molecule has 0 fully saturated rings. The normalized spacial score (nSPS) is 13.8. The summed E-state index contributed by atoms with van der Waals surface area (Å²) < 4.78 is 6.50.